The average Bonchev–Trinajstić information content (AvgIpc) is 3.41. The normalized spacial score (nSPS) is 18.0. The molecule has 2 aliphatic rings. The van der Waals surface area contributed by atoms with E-state index >= 15 is 0 Å². The molecule has 0 unspecified atom stereocenters. The molecule has 5 heterocycles. The first-order valence-corrected chi connectivity index (χ1v) is 9.77. The summed E-state index contributed by atoms with van der Waals surface area (Å²) in [6.45, 7) is 3.78. The van der Waals surface area contributed by atoms with Gasteiger partial charge in [-0.05, 0) is 36.2 Å². The molecule has 31 heavy (non-hydrogen) atoms. The van der Waals surface area contributed by atoms with Crippen molar-refractivity contribution >= 4 is 22.5 Å². The number of hydrogen-bond donors (Lipinski definition) is 1. The van der Waals surface area contributed by atoms with Crippen LogP contribution in [0.5, 0.6) is 11.5 Å². The molecular formula is C20H17F2N7O2. The van der Waals surface area contributed by atoms with Gasteiger partial charge in [-0.15, -0.1) is 13.9 Å². The van der Waals surface area contributed by atoms with Crippen LogP contribution in [0.15, 0.2) is 30.6 Å². The molecular weight excluding hydrogens is 408 g/mol. The van der Waals surface area contributed by atoms with E-state index in [4.69, 9.17) is 5.73 Å². The molecule has 4 aromatic rings. The van der Waals surface area contributed by atoms with Crippen LogP contribution in [-0.4, -0.2) is 41.8 Å². The van der Waals surface area contributed by atoms with Crippen LogP contribution >= 0.6 is 0 Å². The first-order valence-electron chi connectivity index (χ1n) is 9.77. The molecule has 0 aliphatic carbocycles. The lowest BCUT2D eigenvalue weighted by Gasteiger charge is -2.22. The van der Waals surface area contributed by atoms with E-state index in [1.807, 2.05) is 12.3 Å². The number of nitrogen functional groups attached to an aromatic ring is 1. The van der Waals surface area contributed by atoms with Gasteiger partial charge < -0.3 is 15.2 Å². The van der Waals surface area contributed by atoms with Crippen molar-refractivity contribution in [3.8, 4) is 11.5 Å². The van der Waals surface area contributed by atoms with Crippen molar-refractivity contribution in [2.24, 2.45) is 0 Å². The molecule has 158 valence electrons. The summed E-state index contributed by atoms with van der Waals surface area (Å²) in [4.78, 5) is 15.4. The van der Waals surface area contributed by atoms with Gasteiger partial charge in [0.15, 0.2) is 23.0 Å². The molecule has 2 aliphatic heterocycles. The predicted octanol–water partition coefficient (Wildman–Crippen LogP) is 2.52. The SMILES string of the molecule is C[C@@H](Cc1nc2c3ccc4c(c3nc(N)n2n1)OC(F)(F)O4)N1Cc2ccncc2C1. The number of nitrogens with two attached hydrogens (primary N) is 1. The lowest BCUT2D eigenvalue weighted by Crippen LogP contribution is -2.30. The summed E-state index contributed by atoms with van der Waals surface area (Å²) in [5.41, 5.74) is 9.15. The number of nitrogens with zero attached hydrogens (tertiary/aromatic N) is 6. The summed E-state index contributed by atoms with van der Waals surface area (Å²) < 4.78 is 37.6. The minimum Gasteiger partial charge on any atom is -0.395 e. The Morgan fingerprint density at radius 3 is 2.84 bits per heavy atom. The van der Waals surface area contributed by atoms with Crippen LogP contribution in [0.4, 0.5) is 14.7 Å². The number of benzene rings is 1. The molecule has 0 saturated carbocycles. The summed E-state index contributed by atoms with van der Waals surface area (Å²) in [7, 11) is 0. The van der Waals surface area contributed by atoms with E-state index in [1.165, 1.54) is 21.7 Å². The third-order valence-corrected chi connectivity index (χ3v) is 5.73. The van der Waals surface area contributed by atoms with Gasteiger partial charge in [-0.1, -0.05) is 0 Å². The fraction of sp³-hybridized carbons (Fsp3) is 0.300. The molecule has 0 bridgehead atoms. The van der Waals surface area contributed by atoms with Crippen molar-refractivity contribution < 1.29 is 18.3 Å². The quantitative estimate of drug-likeness (QED) is 0.534. The maximum Gasteiger partial charge on any atom is 0.586 e. The zero-order valence-electron chi connectivity index (χ0n) is 16.4. The van der Waals surface area contributed by atoms with E-state index in [9.17, 15) is 8.78 Å². The second-order valence-electron chi connectivity index (χ2n) is 7.79. The van der Waals surface area contributed by atoms with E-state index in [-0.39, 0.29) is 29.0 Å². The van der Waals surface area contributed by atoms with E-state index in [2.05, 4.69) is 41.3 Å². The van der Waals surface area contributed by atoms with E-state index in [0.29, 0.717) is 23.3 Å². The highest BCUT2D eigenvalue weighted by Gasteiger charge is 2.45. The summed E-state index contributed by atoms with van der Waals surface area (Å²) in [6, 6.07) is 5.22. The van der Waals surface area contributed by atoms with Crippen LogP contribution in [-0.2, 0) is 19.5 Å². The van der Waals surface area contributed by atoms with Crippen LogP contribution < -0.4 is 15.2 Å². The zero-order chi connectivity index (χ0) is 21.3. The molecule has 3 aromatic heterocycles. The number of alkyl halides is 2. The lowest BCUT2D eigenvalue weighted by atomic mass is 10.2. The molecule has 1 aromatic carbocycles. The number of aromatic nitrogens is 5. The summed E-state index contributed by atoms with van der Waals surface area (Å²) in [5.74, 6) is 0.370. The van der Waals surface area contributed by atoms with Gasteiger partial charge in [-0.2, -0.15) is 4.52 Å². The van der Waals surface area contributed by atoms with Gasteiger partial charge in [0.05, 0.1) is 0 Å². The topological polar surface area (TPSA) is 104 Å². The predicted molar refractivity (Wildman–Crippen MR) is 106 cm³/mol. The summed E-state index contributed by atoms with van der Waals surface area (Å²) in [5, 5.41) is 5.00. The molecule has 11 heteroatoms. The second-order valence-corrected chi connectivity index (χ2v) is 7.79. The average molecular weight is 425 g/mol. The van der Waals surface area contributed by atoms with Crippen molar-refractivity contribution in [1.29, 1.82) is 0 Å². The molecule has 9 nitrogen and oxygen atoms in total. The van der Waals surface area contributed by atoms with Gasteiger partial charge in [-0.25, -0.2) is 9.97 Å². The first kappa shape index (κ1) is 18.2. The Morgan fingerprint density at radius 2 is 2.00 bits per heavy atom. The molecule has 6 rings (SSSR count). The zero-order valence-corrected chi connectivity index (χ0v) is 16.4. The number of fused-ring (bicyclic) bond motifs is 6. The molecule has 0 fully saturated rings. The number of rotatable bonds is 3. The largest absolute Gasteiger partial charge is 0.586 e. The highest BCUT2D eigenvalue weighted by molar-refractivity contribution is 5.97. The summed E-state index contributed by atoms with van der Waals surface area (Å²) in [6.07, 6.45) is 0.555. The van der Waals surface area contributed by atoms with Crippen molar-refractivity contribution in [2.75, 3.05) is 5.73 Å². The molecule has 0 radical (unpaired) electrons. The van der Waals surface area contributed by atoms with Gasteiger partial charge in [0.1, 0.15) is 5.52 Å². The van der Waals surface area contributed by atoms with Crippen LogP contribution in [0.1, 0.15) is 23.9 Å². The Kier molecular flexibility index (Phi) is 3.64. The molecule has 0 amide bonds. The number of halogens is 2. The molecule has 2 N–H and O–H groups in total. The van der Waals surface area contributed by atoms with Crippen LogP contribution in [0.2, 0.25) is 0 Å². The smallest absolute Gasteiger partial charge is 0.395 e. The second kappa shape index (κ2) is 6.20. The van der Waals surface area contributed by atoms with Crippen molar-refractivity contribution in [3.05, 3.63) is 47.5 Å². The van der Waals surface area contributed by atoms with Crippen molar-refractivity contribution in [3.63, 3.8) is 0 Å². The molecule has 0 spiro atoms. The van der Waals surface area contributed by atoms with Crippen molar-refractivity contribution in [2.45, 2.75) is 38.8 Å². The highest BCUT2D eigenvalue weighted by Crippen LogP contribution is 2.45. The van der Waals surface area contributed by atoms with Gasteiger partial charge >= 0.3 is 6.29 Å². The third kappa shape index (κ3) is 2.84. The number of hydrogen-bond acceptors (Lipinski definition) is 8. The minimum absolute atomic E-state index is 0.0285. The maximum absolute atomic E-state index is 13.5. The number of pyridine rings is 1. The Morgan fingerprint density at radius 1 is 1.16 bits per heavy atom. The Hall–Kier alpha value is -3.60. The number of anilines is 1. The molecule has 0 saturated heterocycles. The standard InChI is InChI=1S/C20H17F2N7O2/c1-10(28-8-11-4-5-24-7-12(11)9-28)6-15-25-18-13-2-3-14-17(31-20(21,22)30-14)16(13)26-19(23)29(18)27-15/h2-5,7,10H,6,8-9H2,1H3,(H2,23,26)/t10-/m0/s1. The van der Waals surface area contributed by atoms with Gasteiger partial charge in [0.25, 0.3) is 0 Å². The van der Waals surface area contributed by atoms with E-state index in [1.54, 1.807) is 12.3 Å². The fourth-order valence-electron chi connectivity index (χ4n) is 4.18. The van der Waals surface area contributed by atoms with Gasteiger partial charge in [-0.3, -0.25) is 9.88 Å². The Bertz CT molecular complexity index is 1330. The third-order valence-electron chi connectivity index (χ3n) is 5.73. The molecule has 1 atom stereocenters. The maximum atomic E-state index is 13.5. The van der Waals surface area contributed by atoms with Crippen LogP contribution in [0.25, 0.3) is 16.6 Å². The van der Waals surface area contributed by atoms with Crippen LogP contribution in [0.3, 0.4) is 0 Å². The Labute approximate surface area is 174 Å². The number of ether oxygens (including phenoxy) is 2. The fourth-order valence-corrected chi connectivity index (χ4v) is 4.18. The lowest BCUT2D eigenvalue weighted by molar-refractivity contribution is -0.286. The van der Waals surface area contributed by atoms with Gasteiger partial charge in [0.2, 0.25) is 5.95 Å². The Balaban J connectivity index is 1.34. The van der Waals surface area contributed by atoms with E-state index < -0.39 is 6.29 Å². The van der Waals surface area contributed by atoms with Gasteiger partial charge in [0, 0.05) is 43.3 Å². The van der Waals surface area contributed by atoms with Crippen molar-refractivity contribution in [1.82, 2.24) is 29.5 Å². The highest BCUT2D eigenvalue weighted by atomic mass is 19.3. The monoisotopic (exact) mass is 425 g/mol. The minimum atomic E-state index is -3.74. The van der Waals surface area contributed by atoms with E-state index in [0.717, 1.165) is 13.1 Å². The van der Waals surface area contributed by atoms with Crippen LogP contribution in [0, 0.1) is 0 Å². The summed E-state index contributed by atoms with van der Waals surface area (Å²) >= 11 is 0. The first-order chi connectivity index (χ1) is 14.9.